The summed E-state index contributed by atoms with van der Waals surface area (Å²) in [5.74, 6) is 0.315. The van der Waals surface area contributed by atoms with Crippen LogP contribution in [-0.4, -0.2) is 33.3 Å². The Morgan fingerprint density at radius 1 is 1.44 bits per heavy atom. The lowest BCUT2D eigenvalue weighted by Gasteiger charge is -2.17. The molecule has 8 heteroatoms. The van der Waals surface area contributed by atoms with Crippen molar-refractivity contribution in [3.63, 3.8) is 0 Å². The molecule has 18 heavy (non-hydrogen) atoms. The third-order valence-electron chi connectivity index (χ3n) is 2.26. The van der Waals surface area contributed by atoms with Crippen molar-refractivity contribution in [2.24, 2.45) is 0 Å². The highest BCUT2D eigenvalue weighted by atomic mass is 32.2. The summed E-state index contributed by atoms with van der Waals surface area (Å²) in [4.78, 5) is 3.86. The number of halogens is 3. The van der Waals surface area contributed by atoms with Gasteiger partial charge in [0.2, 0.25) is 5.89 Å². The van der Waals surface area contributed by atoms with E-state index < -0.39 is 18.2 Å². The summed E-state index contributed by atoms with van der Waals surface area (Å²) in [5, 5.41) is 12.7. The number of nitrogens with zero attached hydrogens (tertiary/aromatic N) is 2. The van der Waals surface area contributed by atoms with Crippen LogP contribution < -0.4 is 0 Å². The summed E-state index contributed by atoms with van der Waals surface area (Å²) >= 11 is 1.58. The molecule has 1 N–H and O–H groups in total. The lowest BCUT2D eigenvalue weighted by Crippen LogP contribution is -2.33. The van der Waals surface area contributed by atoms with E-state index in [4.69, 9.17) is 9.63 Å². The van der Waals surface area contributed by atoms with Gasteiger partial charge in [-0.3, -0.25) is 0 Å². The molecule has 0 radical (unpaired) electrons. The molecule has 1 aromatic heterocycles. The van der Waals surface area contributed by atoms with Crippen molar-refractivity contribution in [1.82, 2.24) is 10.1 Å². The molecule has 1 heterocycles. The van der Waals surface area contributed by atoms with Crippen molar-refractivity contribution in [3.8, 4) is 0 Å². The zero-order valence-corrected chi connectivity index (χ0v) is 10.9. The highest BCUT2D eigenvalue weighted by Gasteiger charge is 2.44. The maximum atomic E-state index is 12.3. The van der Waals surface area contributed by atoms with E-state index in [1.165, 1.54) is 6.92 Å². The fourth-order valence-corrected chi connectivity index (χ4v) is 1.97. The minimum atomic E-state index is -4.69. The van der Waals surface area contributed by atoms with Gasteiger partial charge in [0.1, 0.15) is 0 Å². The molecule has 2 atom stereocenters. The average molecular weight is 284 g/mol. The molecule has 2 unspecified atom stereocenters. The van der Waals surface area contributed by atoms with E-state index in [0.29, 0.717) is 11.6 Å². The van der Waals surface area contributed by atoms with Crippen molar-refractivity contribution in [1.29, 1.82) is 0 Å². The van der Waals surface area contributed by atoms with Crippen molar-refractivity contribution < 1.29 is 22.8 Å². The zero-order valence-electron chi connectivity index (χ0n) is 10.1. The molecular formula is C10H15F3N2O2S. The summed E-state index contributed by atoms with van der Waals surface area (Å²) in [6, 6.07) is 0. The van der Waals surface area contributed by atoms with Crippen LogP contribution in [0.5, 0.6) is 0 Å². The van der Waals surface area contributed by atoms with Gasteiger partial charge in [-0.15, -0.1) is 0 Å². The second-order valence-electron chi connectivity index (χ2n) is 3.88. The molecule has 0 aromatic carbocycles. The number of rotatable bonds is 6. The predicted octanol–water partition coefficient (Wildman–Crippen LogP) is 2.74. The van der Waals surface area contributed by atoms with Crippen molar-refractivity contribution in [2.45, 2.75) is 44.2 Å². The van der Waals surface area contributed by atoms with Crippen molar-refractivity contribution >= 4 is 11.8 Å². The van der Waals surface area contributed by atoms with E-state index in [-0.39, 0.29) is 5.89 Å². The zero-order chi connectivity index (χ0) is 13.8. The van der Waals surface area contributed by atoms with Gasteiger partial charge in [-0.25, -0.2) is 0 Å². The first-order valence-corrected chi connectivity index (χ1v) is 6.66. The fourth-order valence-electron chi connectivity index (χ4n) is 1.24. The minimum absolute atomic E-state index is 0.188. The summed E-state index contributed by atoms with van der Waals surface area (Å²) in [6.45, 7) is 3.23. The van der Waals surface area contributed by atoms with Crippen LogP contribution in [0.3, 0.4) is 0 Å². The molecule has 4 nitrogen and oxygen atoms in total. The molecule has 0 aliphatic rings. The first kappa shape index (κ1) is 15.3. The van der Waals surface area contributed by atoms with Crippen LogP contribution in [0.2, 0.25) is 0 Å². The first-order chi connectivity index (χ1) is 8.36. The van der Waals surface area contributed by atoms with Crippen LogP contribution in [0.25, 0.3) is 0 Å². The molecule has 0 saturated carbocycles. The first-order valence-electron chi connectivity index (χ1n) is 5.51. The Morgan fingerprint density at radius 3 is 2.67 bits per heavy atom. The van der Waals surface area contributed by atoms with Gasteiger partial charge < -0.3 is 9.63 Å². The van der Waals surface area contributed by atoms with Gasteiger partial charge >= 0.3 is 6.18 Å². The van der Waals surface area contributed by atoms with Crippen LogP contribution in [-0.2, 0) is 5.75 Å². The third-order valence-corrected chi connectivity index (χ3v) is 3.42. The molecular weight excluding hydrogens is 269 g/mol. The van der Waals surface area contributed by atoms with Crippen molar-refractivity contribution in [3.05, 3.63) is 11.7 Å². The molecule has 0 spiro atoms. The largest absolute Gasteiger partial charge is 0.415 e. The van der Waals surface area contributed by atoms with E-state index in [0.717, 1.165) is 12.2 Å². The molecule has 0 amide bonds. The molecule has 104 valence electrons. The fraction of sp³-hybridized carbons (Fsp3) is 0.800. The Labute approximate surface area is 107 Å². The number of aliphatic hydroxyl groups excluding tert-OH is 1. The molecule has 0 fully saturated rings. The summed E-state index contributed by atoms with van der Waals surface area (Å²) in [7, 11) is 0. The van der Waals surface area contributed by atoms with Gasteiger partial charge in [0, 0.05) is 0 Å². The van der Waals surface area contributed by atoms with Gasteiger partial charge in [-0.1, -0.05) is 19.0 Å². The molecule has 1 rings (SSSR count). The van der Waals surface area contributed by atoms with Crippen LogP contribution in [0.15, 0.2) is 4.52 Å². The summed E-state index contributed by atoms with van der Waals surface area (Å²) < 4.78 is 41.6. The van der Waals surface area contributed by atoms with Gasteiger partial charge in [-0.05, 0) is 12.2 Å². The molecule has 0 aliphatic heterocycles. The monoisotopic (exact) mass is 284 g/mol. The quantitative estimate of drug-likeness (QED) is 0.814. The second kappa shape index (κ2) is 6.42. The smallest absolute Gasteiger partial charge is 0.383 e. The van der Waals surface area contributed by atoms with E-state index in [2.05, 4.69) is 10.1 Å². The van der Waals surface area contributed by atoms with Crippen LogP contribution in [0, 0.1) is 0 Å². The average Bonchev–Trinajstić information content (AvgIpc) is 2.75. The Hall–Kier alpha value is -0.760. The molecule has 0 saturated heterocycles. The maximum Gasteiger partial charge on any atom is 0.415 e. The molecule has 0 aliphatic carbocycles. The van der Waals surface area contributed by atoms with E-state index in [1.807, 2.05) is 6.92 Å². The van der Waals surface area contributed by atoms with Crippen LogP contribution in [0.4, 0.5) is 13.2 Å². The highest BCUT2D eigenvalue weighted by Crippen LogP contribution is 2.30. The van der Waals surface area contributed by atoms with Crippen LogP contribution in [0.1, 0.15) is 37.9 Å². The topological polar surface area (TPSA) is 59.2 Å². The number of aromatic nitrogens is 2. The van der Waals surface area contributed by atoms with Crippen LogP contribution >= 0.6 is 11.8 Å². The van der Waals surface area contributed by atoms with Gasteiger partial charge in [0.05, 0.1) is 11.7 Å². The maximum absolute atomic E-state index is 12.3. The lowest BCUT2D eigenvalue weighted by atomic mass is 10.1. The van der Waals surface area contributed by atoms with Gasteiger partial charge in [0.25, 0.3) is 0 Å². The Morgan fingerprint density at radius 2 is 2.11 bits per heavy atom. The normalized spacial score (nSPS) is 15.7. The molecule has 1 aromatic rings. The number of aliphatic hydroxyl groups is 1. The number of hydrogen-bond acceptors (Lipinski definition) is 5. The summed E-state index contributed by atoms with van der Waals surface area (Å²) in [6.07, 6.45) is -6.18. The van der Waals surface area contributed by atoms with E-state index in [1.54, 1.807) is 11.8 Å². The highest BCUT2D eigenvalue weighted by molar-refractivity contribution is 7.98. The lowest BCUT2D eigenvalue weighted by molar-refractivity contribution is -0.210. The van der Waals surface area contributed by atoms with Gasteiger partial charge in [0.15, 0.2) is 11.9 Å². The minimum Gasteiger partial charge on any atom is -0.383 e. The van der Waals surface area contributed by atoms with Gasteiger partial charge in [-0.2, -0.15) is 29.9 Å². The number of thioether (sulfide) groups is 1. The summed E-state index contributed by atoms with van der Waals surface area (Å²) in [5.41, 5.74) is 0. The van der Waals surface area contributed by atoms with Crippen molar-refractivity contribution in [2.75, 3.05) is 5.75 Å². The number of alkyl halides is 3. The molecule has 0 bridgehead atoms. The SMILES string of the molecule is CCCSCc1noc(C(C)C(O)C(F)(F)F)n1. The Bertz CT molecular complexity index is 370. The number of hydrogen-bond donors (Lipinski definition) is 1. The van der Waals surface area contributed by atoms with E-state index in [9.17, 15) is 13.2 Å². The third kappa shape index (κ3) is 4.16. The van der Waals surface area contributed by atoms with E-state index >= 15 is 0 Å². The standard InChI is InChI=1S/C10H15F3N2O2S/c1-3-4-18-5-7-14-9(17-15-7)6(2)8(16)10(11,12)13/h6,8,16H,3-5H2,1-2H3. The predicted molar refractivity (Wildman–Crippen MR) is 61.2 cm³/mol. The Balaban J connectivity index is 2.62. The Kier molecular flexibility index (Phi) is 5.46. The second-order valence-corrected chi connectivity index (χ2v) is 4.98.